The van der Waals surface area contributed by atoms with Gasteiger partial charge >= 0.3 is 0 Å². The smallest absolute Gasteiger partial charge is 0.229 e. The quantitative estimate of drug-likeness (QED) is 0.149. The molecule has 41 heavy (non-hydrogen) atoms. The van der Waals surface area contributed by atoms with Crippen molar-refractivity contribution in [1.82, 2.24) is 0 Å². The molecule has 0 unspecified atom stereocenters. The molecule has 3 aromatic rings. The fourth-order valence-corrected chi connectivity index (χ4v) is 4.69. The summed E-state index contributed by atoms with van der Waals surface area (Å²) in [6, 6.07) is 10.4. The maximum absolute atomic E-state index is 13.2. The first-order chi connectivity index (χ1) is 19.6. The molecule has 10 atom stereocenters. The second-order valence-electron chi connectivity index (χ2n) is 9.79. The Hall–Kier alpha value is -3.15. The minimum atomic E-state index is -1.61. The summed E-state index contributed by atoms with van der Waals surface area (Å²) in [6.45, 7) is -1.20. The average Bonchev–Trinajstić information content (AvgIpc) is 2.98. The molecule has 2 saturated heterocycles. The SMILES string of the molecule is O=c1c(-c2ccc(O[C@H]3O[C@@H](CO)[C@H](O)[C@H](O)[C@@H]3O)cc2)coc2cc(O[C@H]3O[C@@H](CO)[C@H](O)[C@H](O)[C@@H]3O)ccc12. The van der Waals surface area contributed by atoms with E-state index >= 15 is 0 Å². The fourth-order valence-electron chi connectivity index (χ4n) is 4.69. The third-order valence-electron chi connectivity index (χ3n) is 7.11. The van der Waals surface area contributed by atoms with Crippen LogP contribution in [0.25, 0.3) is 22.1 Å². The highest BCUT2D eigenvalue weighted by Gasteiger charge is 2.45. The first-order valence-corrected chi connectivity index (χ1v) is 12.7. The van der Waals surface area contributed by atoms with Crippen LogP contribution in [0.4, 0.5) is 0 Å². The van der Waals surface area contributed by atoms with Crippen LogP contribution >= 0.6 is 0 Å². The van der Waals surface area contributed by atoms with Gasteiger partial charge in [-0.05, 0) is 29.8 Å². The number of hydrogen-bond donors (Lipinski definition) is 8. The lowest BCUT2D eigenvalue weighted by atomic mass is 9.99. The molecule has 8 N–H and O–H groups in total. The molecule has 5 rings (SSSR count). The molecule has 0 radical (unpaired) electrons. The predicted molar refractivity (Wildman–Crippen MR) is 137 cm³/mol. The van der Waals surface area contributed by atoms with Crippen molar-refractivity contribution < 1.29 is 64.2 Å². The Morgan fingerprint density at radius 2 is 1.17 bits per heavy atom. The van der Waals surface area contributed by atoms with Crippen LogP contribution < -0.4 is 14.9 Å². The van der Waals surface area contributed by atoms with E-state index in [0.717, 1.165) is 0 Å². The van der Waals surface area contributed by atoms with Crippen LogP contribution in [0.1, 0.15) is 0 Å². The number of benzene rings is 2. The van der Waals surface area contributed by atoms with Gasteiger partial charge < -0.3 is 64.2 Å². The Labute approximate surface area is 231 Å². The van der Waals surface area contributed by atoms with Crippen LogP contribution in [-0.2, 0) is 9.47 Å². The van der Waals surface area contributed by atoms with Crippen molar-refractivity contribution in [3.63, 3.8) is 0 Å². The fraction of sp³-hybridized carbons (Fsp3) is 0.444. The topological polar surface area (TPSA) is 229 Å². The minimum Gasteiger partial charge on any atom is -0.463 e. The van der Waals surface area contributed by atoms with Gasteiger partial charge in [-0.15, -0.1) is 0 Å². The highest BCUT2D eigenvalue weighted by molar-refractivity contribution is 5.82. The van der Waals surface area contributed by atoms with E-state index in [9.17, 15) is 45.6 Å². The summed E-state index contributed by atoms with van der Waals surface area (Å²) < 4.78 is 27.5. The van der Waals surface area contributed by atoms with Crippen LogP contribution in [0.15, 0.2) is 57.9 Å². The number of fused-ring (bicyclic) bond motifs is 1. The van der Waals surface area contributed by atoms with E-state index in [1.807, 2.05) is 0 Å². The number of aliphatic hydroxyl groups is 8. The maximum Gasteiger partial charge on any atom is 0.229 e. The number of aliphatic hydroxyl groups excluding tert-OH is 8. The average molecular weight is 579 g/mol. The van der Waals surface area contributed by atoms with E-state index in [1.165, 1.54) is 36.6 Å². The lowest BCUT2D eigenvalue weighted by molar-refractivity contribution is -0.277. The van der Waals surface area contributed by atoms with Crippen molar-refractivity contribution in [2.24, 2.45) is 0 Å². The number of ether oxygens (including phenoxy) is 4. The zero-order chi connectivity index (χ0) is 29.4. The van der Waals surface area contributed by atoms with Gasteiger partial charge in [0.1, 0.15) is 72.2 Å². The Morgan fingerprint density at radius 1 is 0.659 bits per heavy atom. The highest BCUT2D eigenvalue weighted by atomic mass is 16.7. The molecular formula is C27H30O14. The van der Waals surface area contributed by atoms with E-state index in [4.69, 9.17) is 23.4 Å². The summed E-state index contributed by atoms with van der Waals surface area (Å²) in [5.74, 6) is 0.352. The Bertz CT molecular complexity index is 1390. The molecule has 2 aromatic carbocycles. The van der Waals surface area contributed by atoms with Crippen LogP contribution in [0.3, 0.4) is 0 Å². The molecule has 2 aliphatic rings. The lowest BCUT2D eigenvalue weighted by Crippen LogP contribution is -2.60. The van der Waals surface area contributed by atoms with E-state index in [2.05, 4.69) is 0 Å². The van der Waals surface area contributed by atoms with Gasteiger partial charge in [0.25, 0.3) is 0 Å². The van der Waals surface area contributed by atoms with Crippen molar-refractivity contribution in [3.05, 3.63) is 59.0 Å². The van der Waals surface area contributed by atoms with Crippen molar-refractivity contribution in [2.45, 2.75) is 61.4 Å². The van der Waals surface area contributed by atoms with E-state index in [1.54, 1.807) is 12.1 Å². The Balaban J connectivity index is 1.31. The zero-order valence-electron chi connectivity index (χ0n) is 21.3. The van der Waals surface area contributed by atoms with Crippen LogP contribution in [-0.4, -0.2) is 115 Å². The van der Waals surface area contributed by atoms with E-state index in [-0.39, 0.29) is 33.5 Å². The van der Waals surface area contributed by atoms with Gasteiger partial charge in [0.05, 0.1) is 24.2 Å². The van der Waals surface area contributed by atoms with Crippen molar-refractivity contribution in [3.8, 4) is 22.6 Å². The third kappa shape index (κ3) is 5.67. The first kappa shape index (κ1) is 29.3. The molecule has 0 saturated carbocycles. The normalized spacial score (nSPS) is 34.0. The lowest BCUT2D eigenvalue weighted by Gasteiger charge is -2.39. The van der Waals surface area contributed by atoms with Gasteiger partial charge in [0.2, 0.25) is 12.6 Å². The summed E-state index contributed by atoms with van der Waals surface area (Å²) >= 11 is 0. The molecule has 2 fully saturated rings. The predicted octanol–water partition coefficient (Wildman–Crippen LogP) is -2.18. The van der Waals surface area contributed by atoms with Crippen molar-refractivity contribution in [2.75, 3.05) is 13.2 Å². The van der Waals surface area contributed by atoms with Crippen LogP contribution in [0.5, 0.6) is 11.5 Å². The van der Waals surface area contributed by atoms with Crippen molar-refractivity contribution in [1.29, 1.82) is 0 Å². The second kappa shape index (κ2) is 12.0. The van der Waals surface area contributed by atoms with Gasteiger partial charge in [-0.2, -0.15) is 0 Å². The molecular weight excluding hydrogens is 548 g/mol. The van der Waals surface area contributed by atoms with Gasteiger partial charge in [-0.1, -0.05) is 12.1 Å². The molecule has 222 valence electrons. The molecule has 0 aliphatic carbocycles. The summed E-state index contributed by atoms with van der Waals surface area (Å²) in [4.78, 5) is 13.2. The Morgan fingerprint density at radius 3 is 1.71 bits per heavy atom. The third-order valence-corrected chi connectivity index (χ3v) is 7.11. The van der Waals surface area contributed by atoms with Crippen LogP contribution in [0.2, 0.25) is 0 Å². The Kier molecular flexibility index (Phi) is 8.58. The minimum absolute atomic E-state index is 0.132. The largest absolute Gasteiger partial charge is 0.463 e. The van der Waals surface area contributed by atoms with Gasteiger partial charge in [0.15, 0.2) is 5.43 Å². The van der Waals surface area contributed by atoms with E-state index in [0.29, 0.717) is 5.56 Å². The molecule has 3 heterocycles. The summed E-state index contributed by atoms with van der Waals surface area (Å²) in [7, 11) is 0. The molecule has 0 amide bonds. The van der Waals surface area contributed by atoms with Gasteiger partial charge in [-0.25, -0.2) is 0 Å². The van der Waals surface area contributed by atoms with Gasteiger partial charge in [-0.3, -0.25) is 4.79 Å². The molecule has 0 spiro atoms. The maximum atomic E-state index is 13.2. The summed E-state index contributed by atoms with van der Waals surface area (Å²) in [5, 5.41) is 79.0. The molecule has 2 aliphatic heterocycles. The van der Waals surface area contributed by atoms with Crippen LogP contribution in [0, 0.1) is 0 Å². The number of rotatable bonds is 7. The molecule has 14 nitrogen and oxygen atoms in total. The molecule has 14 heteroatoms. The summed E-state index contributed by atoms with van der Waals surface area (Å²) in [5.41, 5.74) is 0.486. The monoisotopic (exact) mass is 578 g/mol. The summed E-state index contributed by atoms with van der Waals surface area (Å²) in [6.07, 6.45) is -13.2. The molecule has 0 bridgehead atoms. The van der Waals surface area contributed by atoms with Gasteiger partial charge in [0, 0.05) is 6.07 Å². The van der Waals surface area contributed by atoms with Crippen molar-refractivity contribution >= 4 is 11.0 Å². The van der Waals surface area contributed by atoms with E-state index < -0.39 is 74.6 Å². The standard InChI is InChI=1S/C27H30O14/c28-8-17-20(31)22(33)24(35)26(40-17)38-12-3-1-11(2-4-12)15-10-37-16-7-13(5-6-14(16)19(15)30)39-27-25(36)23(34)21(32)18(9-29)41-27/h1-7,10,17-18,20-29,31-36H,8-9H2/t17-,18-,20-,21-,22-,23-,24-,25-,26-,27-/m0/s1. The number of hydrogen-bond acceptors (Lipinski definition) is 14. The molecule has 1 aromatic heterocycles. The highest BCUT2D eigenvalue weighted by Crippen LogP contribution is 2.29. The zero-order valence-corrected chi connectivity index (χ0v) is 21.3. The second-order valence-corrected chi connectivity index (χ2v) is 9.79. The first-order valence-electron chi connectivity index (χ1n) is 12.7.